The van der Waals surface area contributed by atoms with Crippen molar-refractivity contribution in [3.8, 4) is 0 Å². The smallest absolute Gasteiger partial charge is 0.150 e. The Kier molecular flexibility index (Phi) is 2.92. The molecule has 1 unspecified atom stereocenters. The minimum absolute atomic E-state index is 0.0508. The number of hydrogen-bond acceptors (Lipinski definition) is 6. The van der Waals surface area contributed by atoms with E-state index in [1.807, 2.05) is 11.4 Å². The molecule has 0 aliphatic carbocycles. The Bertz CT molecular complexity index is 516. The maximum absolute atomic E-state index is 9.15. The minimum atomic E-state index is -0.117. The fourth-order valence-electron chi connectivity index (χ4n) is 2.02. The summed E-state index contributed by atoms with van der Waals surface area (Å²) in [5, 5.41) is 11.2. The monoisotopic (exact) mass is 251 g/mol. The van der Waals surface area contributed by atoms with E-state index in [9.17, 15) is 0 Å². The number of nitrogens with zero attached hydrogens (tertiary/aromatic N) is 3. The van der Waals surface area contributed by atoms with Crippen LogP contribution < -0.4 is 4.90 Å². The Morgan fingerprint density at radius 2 is 2.47 bits per heavy atom. The predicted molar refractivity (Wildman–Crippen MR) is 66.5 cm³/mol. The Labute approximate surface area is 103 Å². The van der Waals surface area contributed by atoms with Crippen molar-refractivity contribution in [3.05, 3.63) is 17.8 Å². The van der Waals surface area contributed by atoms with Gasteiger partial charge in [-0.05, 0) is 11.4 Å². The van der Waals surface area contributed by atoms with Crippen LogP contribution in [0.3, 0.4) is 0 Å². The molecule has 2 aromatic heterocycles. The maximum atomic E-state index is 9.15. The first kappa shape index (κ1) is 10.9. The molecule has 17 heavy (non-hydrogen) atoms. The van der Waals surface area contributed by atoms with Gasteiger partial charge in [-0.1, -0.05) is 0 Å². The van der Waals surface area contributed by atoms with Gasteiger partial charge < -0.3 is 14.7 Å². The quantitative estimate of drug-likeness (QED) is 0.859. The Hall–Kier alpha value is -1.24. The average Bonchev–Trinajstić information content (AvgIpc) is 2.87. The Morgan fingerprint density at radius 1 is 1.53 bits per heavy atom. The van der Waals surface area contributed by atoms with E-state index in [1.165, 1.54) is 0 Å². The van der Waals surface area contributed by atoms with Gasteiger partial charge in [-0.3, -0.25) is 0 Å². The predicted octanol–water partition coefficient (Wildman–Crippen LogP) is 0.889. The molecule has 0 radical (unpaired) electrons. The van der Waals surface area contributed by atoms with Gasteiger partial charge in [-0.15, -0.1) is 11.3 Å². The van der Waals surface area contributed by atoms with Crippen molar-refractivity contribution in [2.75, 3.05) is 31.2 Å². The second kappa shape index (κ2) is 4.56. The van der Waals surface area contributed by atoms with Crippen LogP contribution in [0.2, 0.25) is 0 Å². The van der Waals surface area contributed by atoms with Crippen molar-refractivity contribution < 1.29 is 9.84 Å². The number of aromatic nitrogens is 2. The summed E-state index contributed by atoms with van der Waals surface area (Å²) in [5.74, 6) is 0.951. The molecule has 0 saturated carbocycles. The van der Waals surface area contributed by atoms with Gasteiger partial charge in [0, 0.05) is 13.1 Å². The van der Waals surface area contributed by atoms with Gasteiger partial charge in [-0.25, -0.2) is 9.97 Å². The zero-order valence-electron chi connectivity index (χ0n) is 9.24. The molecule has 1 fully saturated rings. The number of ether oxygens (including phenoxy) is 1. The number of rotatable bonds is 2. The summed E-state index contributed by atoms with van der Waals surface area (Å²) in [7, 11) is 0. The molecule has 0 amide bonds. The lowest BCUT2D eigenvalue weighted by molar-refractivity contribution is 0.00344. The number of aliphatic hydroxyl groups excluding tert-OH is 1. The first-order valence-corrected chi connectivity index (χ1v) is 6.42. The van der Waals surface area contributed by atoms with Crippen LogP contribution >= 0.6 is 11.3 Å². The van der Waals surface area contributed by atoms with Gasteiger partial charge >= 0.3 is 0 Å². The largest absolute Gasteiger partial charge is 0.394 e. The third-order valence-corrected chi connectivity index (χ3v) is 3.77. The molecule has 5 nitrogen and oxygen atoms in total. The second-order valence-corrected chi connectivity index (χ2v) is 4.87. The molecule has 0 spiro atoms. The summed E-state index contributed by atoms with van der Waals surface area (Å²) in [4.78, 5) is 10.7. The van der Waals surface area contributed by atoms with Gasteiger partial charge in [-0.2, -0.15) is 0 Å². The van der Waals surface area contributed by atoms with Gasteiger partial charge in [0.15, 0.2) is 0 Å². The van der Waals surface area contributed by atoms with Gasteiger partial charge in [0.2, 0.25) is 0 Å². The fraction of sp³-hybridized carbons (Fsp3) is 0.455. The number of aliphatic hydroxyl groups is 1. The molecular weight excluding hydrogens is 238 g/mol. The van der Waals surface area contributed by atoms with Crippen LogP contribution in [0.15, 0.2) is 17.8 Å². The van der Waals surface area contributed by atoms with Crippen molar-refractivity contribution in [1.29, 1.82) is 0 Å². The lowest BCUT2D eigenvalue weighted by atomic mass is 10.3. The van der Waals surface area contributed by atoms with Crippen LogP contribution in [0.5, 0.6) is 0 Å². The van der Waals surface area contributed by atoms with Gasteiger partial charge in [0.05, 0.1) is 29.5 Å². The number of morpholine rings is 1. The summed E-state index contributed by atoms with van der Waals surface area (Å²) in [6, 6.07) is 2.00. The molecule has 3 rings (SSSR count). The van der Waals surface area contributed by atoms with E-state index in [0.29, 0.717) is 13.2 Å². The van der Waals surface area contributed by atoms with Crippen LogP contribution in [0.1, 0.15) is 0 Å². The molecule has 1 atom stereocenters. The van der Waals surface area contributed by atoms with E-state index in [2.05, 4.69) is 14.9 Å². The van der Waals surface area contributed by atoms with Gasteiger partial charge in [0.1, 0.15) is 12.1 Å². The minimum Gasteiger partial charge on any atom is -0.394 e. The number of fused-ring (bicyclic) bond motifs is 1. The van der Waals surface area contributed by atoms with Crippen molar-refractivity contribution >= 4 is 27.4 Å². The topological polar surface area (TPSA) is 58.5 Å². The fourth-order valence-corrected chi connectivity index (χ4v) is 2.89. The Morgan fingerprint density at radius 3 is 3.35 bits per heavy atom. The lowest BCUT2D eigenvalue weighted by Gasteiger charge is -2.32. The van der Waals surface area contributed by atoms with E-state index < -0.39 is 0 Å². The lowest BCUT2D eigenvalue weighted by Crippen LogP contribution is -2.44. The van der Waals surface area contributed by atoms with Crippen LogP contribution in [0.25, 0.3) is 10.2 Å². The summed E-state index contributed by atoms with van der Waals surface area (Å²) >= 11 is 1.65. The molecule has 1 aliphatic rings. The van der Waals surface area contributed by atoms with Crippen molar-refractivity contribution in [3.63, 3.8) is 0 Å². The first-order valence-electron chi connectivity index (χ1n) is 5.54. The Balaban J connectivity index is 1.94. The highest BCUT2D eigenvalue weighted by molar-refractivity contribution is 7.17. The normalized spacial score (nSPS) is 21.0. The highest BCUT2D eigenvalue weighted by Gasteiger charge is 2.22. The highest BCUT2D eigenvalue weighted by Crippen LogP contribution is 2.28. The van der Waals surface area contributed by atoms with Gasteiger partial charge in [0.25, 0.3) is 0 Å². The van der Waals surface area contributed by atoms with Crippen molar-refractivity contribution in [1.82, 2.24) is 9.97 Å². The third kappa shape index (κ3) is 1.99. The van der Waals surface area contributed by atoms with Crippen molar-refractivity contribution in [2.45, 2.75) is 6.10 Å². The standard InChI is InChI=1S/C11H13N3O2S/c15-6-8-5-14(2-3-16-8)11-10-9(1-4-17-10)12-7-13-11/h1,4,7-8,15H,2-3,5-6H2. The number of anilines is 1. The van der Waals surface area contributed by atoms with E-state index in [0.717, 1.165) is 22.6 Å². The summed E-state index contributed by atoms with van der Waals surface area (Å²) in [5.41, 5.74) is 0.979. The molecule has 1 N–H and O–H groups in total. The summed E-state index contributed by atoms with van der Waals surface area (Å²) < 4.78 is 6.54. The van der Waals surface area contributed by atoms with E-state index >= 15 is 0 Å². The van der Waals surface area contributed by atoms with Crippen LogP contribution in [0, 0.1) is 0 Å². The molecular formula is C11H13N3O2S. The number of hydrogen-bond donors (Lipinski definition) is 1. The van der Waals surface area contributed by atoms with Crippen LogP contribution in [-0.4, -0.2) is 47.5 Å². The third-order valence-electron chi connectivity index (χ3n) is 2.87. The molecule has 0 bridgehead atoms. The van der Waals surface area contributed by atoms with Crippen LogP contribution in [-0.2, 0) is 4.74 Å². The molecule has 1 aliphatic heterocycles. The molecule has 2 aromatic rings. The SMILES string of the molecule is OCC1CN(c2ncnc3ccsc23)CCO1. The van der Waals surface area contributed by atoms with E-state index in [4.69, 9.17) is 9.84 Å². The summed E-state index contributed by atoms with van der Waals surface area (Å²) in [6.07, 6.45) is 1.47. The second-order valence-electron chi connectivity index (χ2n) is 3.95. The maximum Gasteiger partial charge on any atom is 0.150 e. The highest BCUT2D eigenvalue weighted by atomic mass is 32.1. The molecule has 1 saturated heterocycles. The van der Waals surface area contributed by atoms with Crippen LogP contribution in [0.4, 0.5) is 5.82 Å². The molecule has 6 heteroatoms. The number of thiophene rings is 1. The zero-order valence-corrected chi connectivity index (χ0v) is 10.1. The molecule has 0 aromatic carbocycles. The summed E-state index contributed by atoms with van der Waals surface area (Å²) in [6.45, 7) is 2.16. The average molecular weight is 251 g/mol. The first-order chi connectivity index (χ1) is 8.38. The molecule has 3 heterocycles. The van der Waals surface area contributed by atoms with E-state index in [1.54, 1.807) is 17.7 Å². The van der Waals surface area contributed by atoms with E-state index in [-0.39, 0.29) is 12.7 Å². The van der Waals surface area contributed by atoms with Crippen molar-refractivity contribution in [2.24, 2.45) is 0 Å². The zero-order chi connectivity index (χ0) is 11.7. The molecule has 90 valence electrons.